The maximum Gasteiger partial charge on any atom is 0.358 e. The van der Waals surface area contributed by atoms with Crippen LogP contribution in [0.2, 0.25) is 0 Å². The van der Waals surface area contributed by atoms with E-state index in [1.165, 1.54) is 17.5 Å². The monoisotopic (exact) mass is 754 g/mol. The van der Waals surface area contributed by atoms with E-state index >= 15 is 0 Å². The van der Waals surface area contributed by atoms with Crippen LogP contribution >= 0.6 is 11.3 Å². The van der Waals surface area contributed by atoms with Crippen LogP contribution in [0.15, 0.2) is 96.3 Å². The summed E-state index contributed by atoms with van der Waals surface area (Å²) in [6.45, 7) is 11.3. The van der Waals surface area contributed by atoms with E-state index in [-0.39, 0.29) is 17.4 Å². The number of aromatic nitrogens is 3. The second-order valence-electron chi connectivity index (χ2n) is 15.3. The van der Waals surface area contributed by atoms with Crippen LogP contribution in [0.5, 0.6) is 0 Å². The van der Waals surface area contributed by atoms with Crippen molar-refractivity contribution in [2.75, 3.05) is 0 Å². The SMILES string of the molecule is C/C=C/[C@H](O)C(C)(C)[C@@H]1C/C=C\[C@H]2C[C@H]2/C=C/C=C\c2ncc([nH]2)C(=O)O[C@H](C(C)(C)[C@@H](O)/C=C/C)C/C=C\[C@@H]2C/C(=C\C=C/c3nc(cs3)C(=O)O1)N2. The molecule has 0 radical (unpaired) electrons. The van der Waals surface area contributed by atoms with Crippen molar-refractivity contribution in [3.8, 4) is 0 Å². The van der Waals surface area contributed by atoms with Gasteiger partial charge in [-0.3, -0.25) is 0 Å². The van der Waals surface area contributed by atoms with Crippen molar-refractivity contribution in [1.29, 1.82) is 0 Å². The molecule has 0 aromatic carbocycles. The fourth-order valence-electron chi connectivity index (χ4n) is 6.32. The fourth-order valence-corrected chi connectivity index (χ4v) is 7.01. The Morgan fingerprint density at radius 3 is 2.17 bits per heavy atom. The second kappa shape index (κ2) is 18.2. The number of H-pyrrole nitrogens is 1. The Hall–Kier alpha value is -4.58. The number of imidazole rings is 1. The van der Waals surface area contributed by atoms with Gasteiger partial charge in [-0.15, -0.1) is 11.3 Å². The summed E-state index contributed by atoms with van der Waals surface area (Å²) in [4.78, 5) is 38.5. The Kier molecular flexibility index (Phi) is 13.7. The minimum Gasteiger partial charge on any atom is -0.457 e. The fraction of sp³-hybridized carbons (Fsp3) is 0.442. The third-order valence-electron chi connectivity index (χ3n) is 10.4. The standard InChI is InChI=1S/C43H54N4O6S/c1-7-14-34(48)42(3,4)36-20-11-17-29-24-28(29)16-9-10-22-38-44-26-32(46-38)40(50)52-37(43(5,6)35(49)15-8-2)21-12-18-30-25-31(45-30)19-13-23-39-47-33(27-54-39)41(51)53-36/h7-19,22-23,26-30,34-37,45,48-49H,20-21,24-25H2,1-6H3,(H,44,46)/b14-7+,15-8+,16-9+,17-11-,18-12-,22-10-,23-13-,31-19+/t28-,29+,30-,34+,35+,36+,37+/m1/s1. The molecule has 0 amide bonds. The van der Waals surface area contributed by atoms with Crippen molar-refractivity contribution >= 4 is 35.4 Å². The van der Waals surface area contributed by atoms with Crippen molar-refractivity contribution in [1.82, 2.24) is 20.3 Å². The number of hydrogen-bond acceptors (Lipinski definition) is 10. The van der Waals surface area contributed by atoms with Crippen LogP contribution in [0.25, 0.3) is 12.2 Å². The van der Waals surface area contributed by atoms with Crippen molar-refractivity contribution in [2.24, 2.45) is 22.7 Å². The number of aliphatic hydroxyl groups excluding tert-OH is 2. The maximum absolute atomic E-state index is 13.3. The van der Waals surface area contributed by atoms with Crippen LogP contribution in [0.1, 0.15) is 99.0 Å². The number of ether oxygens (including phenoxy) is 2. The molecule has 1 aliphatic carbocycles. The third-order valence-corrected chi connectivity index (χ3v) is 11.2. The molecule has 2 aromatic rings. The molecule has 3 aliphatic heterocycles. The first-order valence-electron chi connectivity index (χ1n) is 18.7. The number of thiazole rings is 1. The highest BCUT2D eigenvalue weighted by Gasteiger charge is 2.39. The smallest absolute Gasteiger partial charge is 0.358 e. The number of carbonyl (C=O) groups is 2. The van der Waals surface area contributed by atoms with Crippen LogP contribution in [-0.4, -0.2) is 67.6 Å². The quantitative estimate of drug-likeness (QED) is 0.171. The van der Waals surface area contributed by atoms with Gasteiger partial charge in [-0.05, 0) is 50.3 Å². The number of rotatable bonds is 6. The molecule has 5 heterocycles. The zero-order valence-electron chi connectivity index (χ0n) is 32.0. The molecule has 0 unspecified atom stereocenters. The Morgan fingerprint density at radius 2 is 1.50 bits per heavy atom. The molecule has 1 saturated carbocycles. The summed E-state index contributed by atoms with van der Waals surface area (Å²) in [7, 11) is 0. The van der Waals surface area contributed by atoms with E-state index in [0.717, 1.165) is 18.5 Å². The summed E-state index contributed by atoms with van der Waals surface area (Å²) >= 11 is 1.36. The van der Waals surface area contributed by atoms with Gasteiger partial charge in [0, 0.05) is 47.2 Å². The van der Waals surface area contributed by atoms with Crippen molar-refractivity contribution in [2.45, 2.75) is 97.7 Å². The zero-order chi connectivity index (χ0) is 38.9. The summed E-state index contributed by atoms with van der Waals surface area (Å²) in [5.41, 5.74) is 0.0111. The van der Waals surface area contributed by atoms with E-state index in [2.05, 4.69) is 38.5 Å². The first kappa shape index (κ1) is 40.6. The predicted molar refractivity (Wildman–Crippen MR) is 214 cm³/mol. The van der Waals surface area contributed by atoms with E-state index in [1.807, 2.05) is 84.1 Å². The lowest BCUT2D eigenvalue weighted by atomic mass is 9.78. The van der Waals surface area contributed by atoms with Crippen LogP contribution in [0.3, 0.4) is 0 Å². The first-order valence-corrected chi connectivity index (χ1v) is 19.6. The van der Waals surface area contributed by atoms with Gasteiger partial charge in [0.2, 0.25) is 0 Å². The Labute approximate surface area is 322 Å². The van der Waals surface area contributed by atoms with Crippen LogP contribution < -0.4 is 5.32 Å². The Balaban J connectivity index is 1.35. The van der Waals surface area contributed by atoms with Gasteiger partial charge in [-0.25, -0.2) is 19.6 Å². The summed E-state index contributed by atoms with van der Waals surface area (Å²) in [5.74, 6) is 0.212. The van der Waals surface area contributed by atoms with Crippen molar-refractivity contribution in [3.63, 3.8) is 0 Å². The number of allylic oxidation sites excluding steroid dienone is 8. The number of nitrogens with zero attached hydrogens (tertiary/aromatic N) is 2. The van der Waals surface area contributed by atoms with Gasteiger partial charge in [0.05, 0.1) is 18.4 Å². The van der Waals surface area contributed by atoms with Crippen molar-refractivity contribution < 1.29 is 29.3 Å². The maximum atomic E-state index is 13.3. The average Bonchev–Trinajstić information content (AvgIpc) is 3.44. The van der Waals surface area contributed by atoms with Crippen LogP contribution in [0.4, 0.5) is 0 Å². The molecule has 2 fully saturated rings. The number of hydrogen-bond donors (Lipinski definition) is 4. The molecule has 11 heteroatoms. The largest absolute Gasteiger partial charge is 0.457 e. The number of aliphatic hydroxyl groups is 2. The topological polar surface area (TPSA) is 147 Å². The van der Waals surface area contributed by atoms with Gasteiger partial charge in [0.15, 0.2) is 5.69 Å². The lowest BCUT2D eigenvalue weighted by molar-refractivity contribution is -0.0461. The summed E-state index contributed by atoms with van der Waals surface area (Å²) in [5, 5.41) is 27.7. The Bertz CT molecular complexity index is 1850. The molecule has 2 aromatic heterocycles. The lowest BCUT2D eigenvalue weighted by Gasteiger charge is -2.36. The molecule has 0 spiro atoms. The minimum absolute atomic E-state index is 0.117. The van der Waals surface area contributed by atoms with E-state index in [9.17, 15) is 19.8 Å². The minimum atomic E-state index is -0.820. The van der Waals surface area contributed by atoms with E-state index in [0.29, 0.717) is 35.5 Å². The average molecular weight is 755 g/mol. The predicted octanol–water partition coefficient (Wildman–Crippen LogP) is 7.91. The van der Waals surface area contributed by atoms with Gasteiger partial charge in [0.1, 0.15) is 28.7 Å². The highest BCUT2D eigenvalue weighted by Crippen LogP contribution is 2.41. The van der Waals surface area contributed by atoms with Crippen LogP contribution in [-0.2, 0) is 9.47 Å². The number of nitrogens with one attached hydrogen (secondary N) is 2. The molecule has 1 saturated heterocycles. The van der Waals surface area contributed by atoms with E-state index in [4.69, 9.17) is 9.47 Å². The lowest BCUT2D eigenvalue weighted by Crippen LogP contribution is -2.42. The highest BCUT2D eigenvalue weighted by atomic mass is 32.1. The van der Waals surface area contributed by atoms with Crippen LogP contribution in [0, 0.1) is 22.7 Å². The summed E-state index contributed by atoms with van der Waals surface area (Å²) in [6, 6.07) is 0.117. The van der Waals surface area contributed by atoms with Gasteiger partial charge in [-0.2, -0.15) is 0 Å². The number of aromatic amines is 1. The van der Waals surface area contributed by atoms with E-state index < -0.39 is 47.2 Å². The molecule has 54 heavy (non-hydrogen) atoms. The molecule has 10 nitrogen and oxygen atoms in total. The second-order valence-corrected chi connectivity index (χ2v) is 16.2. The first-order chi connectivity index (χ1) is 25.8. The molecule has 4 N–H and O–H groups in total. The summed E-state index contributed by atoms with van der Waals surface area (Å²) in [6.07, 6.45) is 30.1. The van der Waals surface area contributed by atoms with Gasteiger partial charge >= 0.3 is 11.9 Å². The highest BCUT2D eigenvalue weighted by molar-refractivity contribution is 7.10. The number of carbonyl (C=O) groups excluding carboxylic acids is 2. The number of fused-ring (bicyclic) bond motifs is 10. The van der Waals surface area contributed by atoms with Crippen molar-refractivity contribution in [3.05, 3.63) is 118 Å². The summed E-state index contributed by atoms with van der Waals surface area (Å²) < 4.78 is 12.1. The molecule has 4 aliphatic rings. The van der Waals surface area contributed by atoms with E-state index in [1.54, 1.807) is 35.8 Å². The zero-order valence-corrected chi connectivity index (χ0v) is 32.8. The number of esters is 2. The van der Waals surface area contributed by atoms with Gasteiger partial charge in [-0.1, -0.05) is 101 Å². The normalized spacial score (nSPS) is 29.6. The molecule has 288 valence electrons. The molecular formula is C43H54N4O6S. The van der Waals surface area contributed by atoms with Gasteiger partial charge in [0.25, 0.3) is 0 Å². The molecular weight excluding hydrogens is 701 g/mol. The third kappa shape index (κ3) is 10.5. The van der Waals surface area contributed by atoms with Gasteiger partial charge < -0.3 is 30.0 Å². The molecule has 6 bridgehead atoms. The Morgan fingerprint density at radius 1 is 0.870 bits per heavy atom. The molecule has 6 rings (SSSR count). The molecule has 7 atom stereocenters.